The molecule has 0 aliphatic rings. The Kier molecular flexibility index (Phi) is 4.36. The molecule has 1 rings (SSSR count). The number of halogens is 3. The van der Waals surface area contributed by atoms with Crippen LogP contribution in [0.5, 0.6) is 0 Å². The summed E-state index contributed by atoms with van der Waals surface area (Å²) in [7, 11) is 1.22. The number of anilines is 1. The highest BCUT2D eigenvalue weighted by Gasteiger charge is 2.30. The Morgan fingerprint density at radius 1 is 1.39 bits per heavy atom. The molecule has 1 aromatic rings. The van der Waals surface area contributed by atoms with E-state index < -0.39 is 17.7 Å². The SMILES string of the molecule is COC(=O)/C=C(/C)Nc1cccc(C(F)(F)F)c1. The molecule has 0 bridgehead atoms. The van der Waals surface area contributed by atoms with Crippen molar-refractivity contribution in [2.45, 2.75) is 13.1 Å². The van der Waals surface area contributed by atoms with Crippen LogP contribution >= 0.6 is 0 Å². The van der Waals surface area contributed by atoms with Gasteiger partial charge in [0.05, 0.1) is 12.7 Å². The van der Waals surface area contributed by atoms with Gasteiger partial charge in [0.2, 0.25) is 0 Å². The maximum atomic E-state index is 12.5. The molecule has 0 atom stereocenters. The molecule has 3 nitrogen and oxygen atoms in total. The van der Waals surface area contributed by atoms with Crippen molar-refractivity contribution in [1.29, 1.82) is 0 Å². The minimum Gasteiger partial charge on any atom is -0.466 e. The molecule has 0 radical (unpaired) electrons. The summed E-state index contributed by atoms with van der Waals surface area (Å²) in [6, 6.07) is 4.71. The second kappa shape index (κ2) is 5.57. The van der Waals surface area contributed by atoms with E-state index in [0.717, 1.165) is 18.2 Å². The van der Waals surface area contributed by atoms with E-state index in [2.05, 4.69) is 10.1 Å². The average molecular weight is 259 g/mol. The maximum absolute atomic E-state index is 12.5. The van der Waals surface area contributed by atoms with Gasteiger partial charge < -0.3 is 10.1 Å². The van der Waals surface area contributed by atoms with E-state index in [4.69, 9.17) is 0 Å². The van der Waals surface area contributed by atoms with Gasteiger partial charge in [-0.1, -0.05) is 6.07 Å². The first-order valence-electron chi connectivity index (χ1n) is 5.03. The molecule has 0 amide bonds. The van der Waals surface area contributed by atoms with Crippen LogP contribution in [-0.4, -0.2) is 13.1 Å². The Hall–Kier alpha value is -1.98. The van der Waals surface area contributed by atoms with Crippen LogP contribution in [0.3, 0.4) is 0 Å². The molecule has 0 aliphatic heterocycles. The Bertz CT molecular complexity index is 467. The zero-order valence-electron chi connectivity index (χ0n) is 9.84. The lowest BCUT2D eigenvalue weighted by atomic mass is 10.2. The fourth-order valence-electron chi connectivity index (χ4n) is 1.27. The monoisotopic (exact) mass is 259 g/mol. The molecule has 1 aromatic carbocycles. The van der Waals surface area contributed by atoms with Gasteiger partial charge in [0, 0.05) is 17.5 Å². The summed E-state index contributed by atoms with van der Waals surface area (Å²) in [6.07, 6.45) is -3.24. The summed E-state index contributed by atoms with van der Waals surface area (Å²) >= 11 is 0. The zero-order chi connectivity index (χ0) is 13.8. The Morgan fingerprint density at radius 3 is 2.61 bits per heavy atom. The summed E-state index contributed by atoms with van der Waals surface area (Å²) in [4.78, 5) is 10.9. The third-order valence-electron chi connectivity index (χ3n) is 2.07. The lowest BCUT2D eigenvalue weighted by Gasteiger charge is -2.10. The van der Waals surface area contributed by atoms with E-state index in [1.807, 2.05) is 0 Å². The van der Waals surface area contributed by atoms with Gasteiger partial charge in [0.15, 0.2) is 0 Å². The van der Waals surface area contributed by atoms with Crippen LogP contribution in [0.15, 0.2) is 36.0 Å². The van der Waals surface area contributed by atoms with Gasteiger partial charge in [-0.25, -0.2) is 4.79 Å². The first-order valence-corrected chi connectivity index (χ1v) is 5.03. The molecule has 0 saturated carbocycles. The maximum Gasteiger partial charge on any atom is 0.416 e. The highest BCUT2D eigenvalue weighted by Crippen LogP contribution is 2.30. The Morgan fingerprint density at radius 2 is 2.06 bits per heavy atom. The number of esters is 1. The number of carbonyl (C=O) groups excluding carboxylic acids is 1. The van der Waals surface area contributed by atoms with Gasteiger partial charge in [-0.15, -0.1) is 0 Å². The number of carbonyl (C=O) groups is 1. The summed E-state index contributed by atoms with van der Waals surface area (Å²) < 4.78 is 41.8. The Balaban J connectivity index is 2.86. The van der Waals surface area contributed by atoms with Crippen molar-refractivity contribution in [2.24, 2.45) is 0 Å². The molecule has 0 aromatic heterocycles. The molecule has 0 heterocycles. The van der Waals surface area contributed by atoms with Crippen molar-refractivity contribution < 1.29 is 22.7 Å². The van der Waals surface area contributed by atoms with Crippen LogP contribution in [0, 0.1) is 0 Å². The fraction of sp³-hybridized carbons (Fsp3) is 0.250. The van der Waals surface area contributed by atoms with Gasteiger partial charge in [-0.3, -0.25) is 0 Å². The predicted octanol–water partition coefficient (Wildman–Crippen LogP) is 3.19. The molecule has 0 fully saturated rings. The van der Waals surface area contributed by atoms with Gasteiger partial charge in [-0.05, 0) is 25.1 Å². The topological polar surface area (TPSA) is 38.3 Å². The third kappa shape index (κ3) is 4.12. The van der Waals surface area contributed by atoms with Gasteiger partial charge in [-0.2, -0.15) is 13.2 Å². The number of allylic oxidation sites excluding steroid dienone is 1. The second-order valence-electron chi connectivity index (χ2n) is 3.55. The molecule has 0 spiro atoms. The lowest BCUT2D eigenvalue weighted by Crippen LogP contribution is -2.06. The van der Waals surface area contributed by atoms with Gasteiger partial charge in [0.1, 0.15) is 0 Å². The normalized spacial score (nSPS) is 12.2. The molecule has 1 N–H and O–H groups in total. The second-order valence-corrected chi connectivity index (χ2v) is 3.55. The van der Waals surface area contributed by atoms with Crippen molar-refractivity contribution in [2.75, 3.05) is 12.4 Å². The smallest absolute Gasteiger partial charge is 0.416 e. The van der Waals surface area contributed by atoms with E-state index in [-0.39, 0.29) is 5.69 Å². The van der Waals surface area contributed by atoms with Crippen molar-refractivity contribution in [3.05, 3.63) is 41.6 Å². The van der Waals surface area contributed by atoms with Crippen LogP contribution in [0.2, 0.25) is 0 Å². The summed E-state index contributed by atoms with van der Waals surface area (Å²) in [5.74, 6) is -0.577. The van der Waals surface area contributed by atoms with Crippen molar-refractivity contribution >= 4 is 11.7 Å². The van der Waals surface area contributed by atoms with Gasteiger partial charge in [0.25, 0.3) is 0 Å². The molecule has 6 heteroatoms. The number of ether oxygens (including phenoxy) is 1. The first kappa shape index (κ1) is 14.1. The van der Waals surface area contributed by atoms with Crippen LogP contribution in [0.4, 0.5) is 18.9 Å². The zero-order valence-corrected chi connectivity index (χ0v) is 9.84. The molecule has 0 saturated heterocycles. The van der Waals surface area contributed by atoms with E-state index in [0.29, 0.717) is 5.70 Å². The van der Waals surface area contributed by atoms with Crippen LogP contribution in [-0.2, 0) is 15.7 Å². The summed E-state index contributed by atoms with van der Waals surface area (Å²) in [5.41, 5.74) is -0.109. The van der Waals surface area contributed by atoms with Crippen LogP contribution < -0.4 is 5.32 Å². The highest BCUT2D eigenvalue weighted by molar-refractivity contribution is 5.83. The van der Waals surface area contributed by atoms with E-state index >= 15 is 0 Å². The first-order chi connectivity index (χ1) is 8.32. The van der Waals surface area contributed by atoms with E-state index in [1.165, 1.54) is 19.2 Å². The highest BCUT2D eigenvalue weighted by atomic mass is 19.4. The number of hydrogen-bond donors (Lipinski definition) is 1. The van der Waals surface area contributed by atoms with Crippen molar-refractivity contribution in [1.82, 2.24) is 0 Å². The molecule has 0 aliphatic carbocycles. The van der Waals surface area contributed by atoms with Crippen molar-refractivity contribution in [3.8, 4) is 0 Å². The molecular formula is C12H12F3NO2. The predicted molar refractivity (Wildman–Crippen MR) is 60.8 cm³/mol. The van der Waals surface area contributed by atoms with Gasteiger partial charge >= 0.3 is 12.1 Å². The number of alkyl halides is 3. The molecule has 0 unspecified atom stereocenters. The van der Waals surface area contributed by atoms with Crippen molar-refractivity contribution in [3.63, 3.8) is 0 Å². The third-order valence-corrected chi connectivity index (χ3v) is 2.07. The molecule has 98 valence electrons. The van der Waals surface area contributed by atoms with Crippen LogP contribution in [0.1, 0.15) is 12.5 Å². The fourth-order valence-corrected chi connectivity index (χ4v) is 1.27. The Labute approximate surface area is 102 Å². The standard InChI is InChI=1S/C12H12F3NO2/c1-8(6-11(17)18-2)16-10-5-3-4-9(7-10)12(13,14)15/h3-7,16H,1-2H3/b8-6-. The van der Waals surface area contributed by atoms with E-state index in [1.54, 1.807) is 6.92 Å². The average Bonchev–Trinajstić information content (AvgIpc) is 2.27. The number of hydrogen-bond acceptors (Lipinski definition) is 3. The number of nitrogens with one attached hydrogen (secondary N) is 1. The summed E-state index contributed by atoms with van der Waals surface area (Å²) in [6.45, 7) is 1.55. The largest absolute Gasteiger partial charge is 0.466 e. The minimum atomic E-state index is -4.39. The lowest BCUT2D eigenvalue weighted by molar-refractivity contribution is -0.137. The van der Waals surface area contributed by atoms with E-state index in [9.17, 15) is 18.0 Å². The minimum absolute atomic E-state index is 0.252. The molecular weight excluding hydrogens is 247 g/mol. The quantitative estimate of drug-likeness (QED) is 0.669. The number of methoxy groups -OCH3 is 1. The van der Waals surface area contributed by atoms with Crippen LogP contribution in [0.25, 0.3) is 0 Å². The number of rotatable bonds is 3. The number of benzene rings is 1. The summed E-state index contributed by atoms with van der Waals surface area (Å²) in [5, 5.41) is 2.68. The molecule has 18 heavy (non-hydrogen) atoms.